The Morgan fingerprint density at radius 1 is 1.19 bits per heavy atom. The monoisotopic (exact) mass is 319 g/mol. The van der Waals surface area contributed by atoms with Gasteiger partial charge in [0.05, 0.1) is 10.4 Å². The van der Waals surface area contributed by atoms with Crippen molar-refractivity contribution in [2.24, 2.45) is 0 Å². The van der Waals surface area contributed by atoms with E-state index in [1.54, 1.807) is 24.3 Å². The summed E-state index contributed by atoms with van der Waals surface area (Å²) in [5, 5.41) is 4.56. The minimum Gasteiger partial charge on any atom is -0.384 e. The Balaban J connectivity index is 1.89. The maximum Gasteiger partial charge on any atom is 0.240 e. The molecular weight excluding hydrogens is 306 g/mol. The predicted octanol–water partition coefficient (Wildman–Crippen LogP) is 2.36. The number of anilines is 1. The van der Waals surface area contributed by atoms with E-state index in [-0.39, 0.29) is 11.4 Å². The molecule has 3 aromatic rings. The zero-order valence-corrected chi connectivity index (χ0v) is 12.6. The molecule has 0 aliphatic carbocycles. The molecule has 0 fully saturated rings. The van der Waals surface area contributed by atoms with E-state index in [2.05, 4.69) is 9.71 Å². The van der Waals surface area contributed by atoms with E-state index >= 15 is 0 Å². The predicted molar refractivity (Wildman–Crippen MR) is 84.5 cm³/mol. The molecule has 108 valence electrons. The molecule has 2 aromatic heterocycles. The summed E-state index contributed by atoms with van der Waals surface area (Å²) in [5.41, 5.74) is 7.23. The highest BCUT2D eigenvalue weighted by Crippen LogP contribution is 2.19. The molecule has 5 nitrogen and oxygen atoms in total. The van der Waals surface area contributed by atoms with Gasteiger partial charge in [-0.25, -0.2) is 18.1 Å². The van der Waals surface area contributed by atoms with Crippen molar-refractivity contribution < 1.29 is 8.42 Å². The second-order valence-electron chi connectivity index (χ2n) is 4.55. The van der Waals surface area contributed by atoms with Gasteiger partial charge in [0.15, 0.2) is 0 Å². The Morgan fingerprint density at radius 2 is 2.05 bits per heavy atom. The van der Waals surface area contributed by atoms with Gasteiger partial charge in [0.25, 0.3) is 0 Å². The van der Waals surface area contributed by atoms with Gasteiger partial charge in [0.2, 0.25) is 10.0 Å². The van der Waals surface area contributed by atoms with Crippen LogP contribution in [0.25, 0.3) is 10.9 Å². The number of rotatable bonds is 4. The third-order valence-corrected chi connectivity index (χ3v) is 5.17. The highest BCUT2D eigenvalue weighted by molar-refractivity contribution is 7.89. The van der Waals surface area contributed by atoms with Crippen molar-refractivity contribution in [3.63, 3.8) is 0 Å². The van der Waals surface area contributed by atoms with Crippen LogP contribution in [0, 0.1) is 0 Å². The zero-order valence-electron chi connectivity index (χ0n) is 11.0. The van der Waals surface area contributed by atoms with Crippen molar-refractivity contribution in [1.29, 1.82) is 0 Å². The molecule has 0 saturated carbocycles. The van der Waals surface area contributed by atoms with Crippen LogP contribution >= 0.6 is 11.3 Å². The highest BCUT2D eigenvalue weighted by Gasteiger charge is 2.14. The molecule has 0 spiro atoms. The number of nitrogen functional groups attached to an aromatic ring is 1. The van der Waals surface area contributed by atoms with E-state index in [0.29, 0.717) is 11.3 Å². The first-order valence-corrected chi connectivity index (χ1v) is 8.64. The third kappa shape index (κ3) is 3.05. The van der Waals surface area contributed by atoms with Gasteiger partial charge in [-0.2, -0.15) is 11.3 Å². The van der Waals surface area contributed by atoms with Crippen molar-refractivity contribution in [3.05, 3.63) is 52.7 Å². The molecule has 7 heteroatoms. The number of thiophene rings is 1. The van der Waals surface area contributed by atoms with Crippen LogP contribution < -0.4 is 10.5 Å². The molecule has 0 atom stereocenters. The van der Waals surface area contributed by atoms with E-state index in [0.717, 1.165) is 10.9 Å². The average molecular weight is 319 g/mol. The van der Waals surface area contributed by atoms with Gasteiger partial charge in [-0.3, -0.25) is 0 Å². The first-order valence-electron chi connectivity index (χ1n) is 6.22. The summed E-state index contributed by atoms with van der Waals surface area (Å²) in [4.78, 5) is 4.37. The second kappa shape index (κ2) is 5.44. The first-order chi connectivity index (χ1) is 10.0. The maximum atomic E-state index is 12.3. The van der Waals surface area contributed by atoms with Crippen molar-refractivity contribution >= 4 is 38.1 Å². The van der Waals surface area contributed by atoms with Crippen molar-refractivity contribution in [1.82, 2.24) is 9.71 Å². The molecule has 0 saturated heterocycles. The standard InChI is InChI=1S/C14H13N3O2S2/c15-14-4-1-11-7-12(2-3-13(11)17-14)21(18,19)16-8-10-5-6-20-9-10/h1-7,9,16H,8H2,(H2,15,17). The summed E-state index contributed by atoms with van der Waals surface area (Å²) in [6.45, 7) is 0.282. The van der Waals surface area contributed by atoms with E-state index < -0.39 is 10.0 Å². The summed E-state index contributed by atoms with van der Waals surface area (Å²) in [5.74, 6) is 0.411. The molecule has 0 radical (unpaired) electrons. The molecule has 3 N–H and O–H groups in total. The highest BCUT2D eigenvalue weighted by atomic mass is 32.2. The van der Waals surface area contributed by atoms with Crippen molar-refractivity contribution in [2.75, 3.05) is 5.73 Å². The van der Waals surface area contributed by atoms with Crippen LogP contribution in [0.5, 0.6) is 0 Å². The van der Waals surface area contributed by atoms with Crippen molar-refractivity contribution in [3.8, 4) is 0 Å². The van der Waals surface area contributed by atoms with Gasteiger partial charge >= 0.3 is 0 Å². The largest absolute Gasteiger partial charge is 0.384 e. The van der Waals surface area contributed by atoms with Crippen LogP contribution in [0.2, 0.25) is 0 Å². The Labute approximate surface area is 126 Å². The number of nitrogens with two attached hydrogens (primary N) is 1. The minimum atomic E-state index is -3.54. The van der Waals surface area contributed by atoms with Crippen molar-refractivity contribution in [2.45, 2.75) is 11.4 Å². The third-order valence-electron chi connectivity index (χ3n) is 3.04. The lowest BCUT2D eigenvalue weighted by molar-refractivity contribution is 0.581. The normalized spacial score (nSPS) is 11.8. The lowest BCUT2D eigenvalue weighted by atomic mass is 10.2. The van der Waals surface area contributed by atoms with Gasteiger partial charge in [-0.1, -0.05) is 0 Å². The summed E-state index contributed by atoms with van der Waals surface area (Å²) >= 11 is 1.53. The summed E-state index contributed by atoms with van der Waals surface area (Å²) < 4.78 is 27.2. The van der Waals surface area contributed by atoms with Crippen LogP contribution in [0.3, 0.4) is 0 Å². The number of pyridine rings is 1. The van der Waals surface area contributed by atoms with E-state index in [4.69, 9.17) is 5.73 Å². The lowest BCUT2D eigenvalue weighted by Crippen LogP contribution is -2.22. The molecule has 0 amide bonds. The van der Waals surface area contributed by atoms with Crippen LogP contribution in [-0.2, 0) is 16.6 Å². The molecule has 0 aliphatic heterocycles. The fraction of sp³-hybridized carbons (Fsp3) is 0.0714. The van der Waals surface area contributed by atoms with Crippen LogP contribution in [0.1, 0.15) is 5.56 Å². The summed E-state index contributed by atoms with van der Waals surface area (Å²) in [6, 6.07) is 10.1. The van der Waals surface area contributed by atoms with E-state index in [1.165, 1.54) is 17.4 Å². The van der Waals surface area contributed by atoms with Gasteiger partial charge < -0.3 is 5.73 Å². The number of sulfonamides is 1. The Morgan fingerprint density at radius 3 is 2.81 bits per heavy atom. The van der Waals surface area contributed by atoms with Gasteiger partial charge in [0, 0.05) is 11.9 Å². The average Bonchev–Trinajstić information content (AvgIpc) is 2.98. The molecule has 0 unspecified atom stereocenters. The minimum absolute atomic E-state index is 0.219. The molecule has 3 rings (SSSR count). The Hall–Kier alpha value is -1.96. The maximum absolute atomic E-state index is 12.3. The van der Waals surface area contributed by atoms with Gasteiger partial charge in [0.1, 0.15) is 5.82 Å². The Bertz CT molecular complexity index is 874. The quantitative estimate of drug-likeness (QED) is 0.773. The fourth-order valence-corrected chi connectivity index (χ4v) is 3.66. The summed E-state index contributed by atoms with van der Waals surface area (Å²) in [6.07, 6.45) is 0. The number of fused-ring (bicyclic) bond motifs is 1. The number of nitrogens with one attached hydrogen (secondary N) is 1. The van der Waals surface area contributed by atoms with E-state index in [1.807, 2.05) is 16.8 Å². The lowest BCUT2D eigenvalue weighted by Gasteiger charge is -2.07. The number of aromatic nitrogens is 1. The second-order valence-corrected chi connectivity index (χ2v) is 7.09. The number of nitrogens with zero attached hydrogens (tertiary/aromatic N) is 1. The molecule has 1 aromatic carbocycles. The molecule has 0 bridgehead atoms. The Kier molecular flexibility index (Phi) is 3.62. The number of benzene rings is 1. The first kappa shape index (κ1) is 14.0. The molecule has 2 heterocycles. The van der Waals surface area contributed by atoms with Gasteiger partial charge in [-0.15, -0.1) is 0 Å². The summed E-state index contributed by atoms with van der Waals surface area (Å²) in [7, 11) is -3.54. The number of hydrogen-bond acceptors (Lipinski definition) is 5. The SMILES string of the molecule is Nc1ccc2cc(S(=O)(=O)NCc3ccsc3)ccc2n1. The number of hydrogen-bond donors (Lipinski definition) is 2. The van der Waals surface area contributed by atoms with Gasteiger partial charge in [-0.05, 0) is 52.7 Å². The van der Waals surface area contributed by atoms with Crippen LogP contribution in [0.15, 0.2) is 52.1 Å². The molecular formula is C14H13N3O2S2. The fourth-order valence-electron chi connectivity index (χ4n) is 1.94. The smallest absolute Gasteiger partial charge is 0.240 e. The van der Waals surface area contributed by atoms with Crippen LogP contribution in [0.4, 0.5) is 5.82 Å². The van der Waals surface area contributed by atoms with Crippen LogP contribution in [-0.4, -0.2) is 13.4 Å². The topological polar surface area (TPSA) is 85.1 Å². The molecule has 21 heavy (non-hydrogen) atoms. The zero-order chi connectivity index (χ0) is 14.9. The molecule has 0 aliphatic rings. The van der Waals surface area contributed by atoms with E-state index in [9.17, 15) is 8.42 Å².